The summed E-state index contributed by atoms with van der Waals surface area (Å²) in [5.41, 5.74) is 6.25. The molecule has 1 aliphatic heterocycles. The van der Waals surface area contributed by atoms with E-state index in [1.165, 1.54) is 39.9 Å². The highest BCUT2D eigenvalue weighted by molar-refractivity contribution is 5.88. The number of fused-ring (bicyclic) bond motifs is 3. The maximum Gasteiger partial charge on any atom is 0.227 e. The summed E-state index contributed by atoms with van der Waals surface area (Å²) in [5.74, 6) is -0.118. The van der Waals surface area contributed by atoms with E-state index in [-0.39, 0.29) is 17.8 Å². The fourth-order valence-electron chi connectivity index (χ4n) is 4.90. The zero-order valence-corrected chi connectivity index (χ0v) is 15.5. The van der Waals surface area contributed by atoms with Gasteiger partial charge in [-0.1, -0.05) is 23.8 Å². The van der Waals surface area contributed by atoms with Crippen molar-refractivity contribution in [2.24, 2.45) is 0 Å². The van der Waals surface area contributed by atoms with Gasteiger partial charge in [-0.15, -0.1) is 0 Å². The van der Waals surface area contributed by atoms with Crippen molar-refractivity contribution in [1.82, 2.24) is 9.47 Å². The summed E-state index contributed by atoms with van der Waals surface area (Å²) in [5, 5.41) is 1.36. The van der Waals surface area contributed by atoms with Crippen molar-refractivity contribution in [3.05, 3.63) is 70.7 Å². The molecular formula is C23H23FN2O. The van der Waals surface area contributed by atoms with Gasteiger partial charge < -0.3 is 9.47 Å². The van der Waals surface area contributed by atoms with Crippen LogP contribution >= 0.6 is 0 Å². The number of aryl methyl sites for hydroxylation is 2. The molecule has 0 saturated heterocycles. The lowest BCUT2D eigenvalue weighted by Crippen LogP contribution is -2.44. The van der Waals surface area contributed by atoms with Crippen LogP contribution in [-0.2, 0) is 24.2 Å². The van der Waals surface area contributed by atoms with Gasteiger partial charge in [-0.25, -0.2) is 4.39 Å². The molecule has 4 heteroatoms. The third-order valence-electron chi connectivity index (χ3n) is 6.12. The van der Waals surface area contributed by atoms with E-state index in [2.05, 4.69) is 34.6 Å². The third kappa shape index (κ3) is 2.66. The molecule has 3 nitrogen and oxygen atoms in total. The molecule has 0 N–H and O–H groups in total. The van der Waals surface area contributed by atoms with Crippen molar-refractivity contribution in [2.75, 3.05) is 6.54 Å². The van der Waals surface area contributed by atoms with E-state index >= 15 is 0 Å². The van der Waals surface area contributed by atoms with Gasteiger partial charge in [-0.2, -0.15) is 0 Å². The fourth-order valence-corrected chi connectivity index (χ4v) is 4.90. The van der Waals surface area contributed by atoms with Crippen LogP contribution < -0.4 is 0 Å². The Morgan fingerprint density at radius 3 is 2.78 bits per heavy atom. The maximum absolute atomic E-state index is 13.1. The smallest absolute Gasteiger partial charge is 0.227 e. The first-order chi connectivity index (χ1) is 13.1. The molecule has 5 rings (SSSR count). The summed E-state index contributed by atoms with van der Waals surface area (Å²) < 4.78 is 15.6. The second-order valence-corrected chi connectivity index (χ2v) is 7.83. The molecule has 0 saturated carbocycles. The molecule has 1 amide bonds. The number of hydrogen-bond donors (Lipinski definition) is 0. The normalized spacial score (nSPS) is 18.6. The summed E-state index contributed by atoms with van der Waals surface area (Å²) in [6.07, 6.45) is 3.58. The van der Waals surface area contributed by atoms with Gasteiger partial charge >= 0.3 is 0 Å². The van der Waals surface area contributed by atoms with E-state index < -0.39 is 0 Å². The number of carbonyl (C=O) groups excluding carboxylic acids is 1. The fraction of sp³-hybridized carbons (Fsp3) is 0.348. The molecule has 0 unspecified atom stereocenters. The first-order valence-corrected chi connectivity index (χ1v) is 9.77. The van der Waals surface area contributed by atoms with Crippen LogP contribution in [-0.4, -0.2) is 21.9 Å². The average molecular weight is 362 g/mol. The van der Waals surface area contributed by atoms with E-state index in [9.17, 15) is 9.18 Å². The molecule has 1 atom stereocenters. The predicted octanol–water partition coefficient (Wildman–Crippen LogP) is 4.55. The van der Waals surface area contributed by atoms with Gasteiger partial charge in [-0.05, 0) is 61.6 Å². The number of carbonyl (C=O) groups is 1. The summed E-state index contributed by atoms with van der Waals surface area (Å²) in [7, 11) is 0. The van der Waals surface area contributed by atoms with Gasteiger partial charge in [0.25, 0.3) is 0 Å². The number of halogens is 1. The maximum atomic E-state index is 13.1. The molecule has 0 fully saturated rings. The minimum atomic E-state index is -0.263. The molecule has 1 aliphatic carbocycles. The van der Waals surface area contributed by atoms with Crippen LogP contribution in [0.3, 0.4) is 0 Å². The number of amides is 1. The largest absolute Gasteiger partial charge is 0.341 e. The molecule has 2 aliphatic rings. The topological polar surface area (TPSA) is 25.2 Å². The quantitative estimate of drug-likeness (QED) is 0.656. The second kappa shape index (κ2) is 6.22. The number of benzene rings is 2. The molecule has 1 aromatic heterocycles. The number of nitrogens with zero attached hydrogens (tertiary/aromatic N) is 2. The number of hydrogen-bond acceptors (Lipinski definition) is 1. The summed E-state index contributed by atoms with van der Waals surface area (Å²) in [4.78, 5) is 15.1. The first kappa shape index (κ1) is 16.5. The Bertz CT molecular complexity index is 1030. The summed E-state index contributed by atoms with van der Waals surface area (Å²) in [6.45, 7) is 3.73. The Morgan fingerprint density at radius 1 is 1.15 bits per heavy atom. The molecule has 0 radical (unpaired) electrons. The molecule has 2 heterocycles. The second-order valence-electron chi connectivity index (χ2n) is 7.83. The van der Waals surface area contributed by atoms with Gasteiger partial charge in [0.05, 0.1) is 12.5 Å². The summed E-state index contributed by atoms with van der Waals surface area (Å²) in [6, 6.07) is 13.2. The van der Waals surface area contributed by atoms with Crippen molar-refractivity contribution < 1.29 is 9.18 Å². The van der Waals surface area contributed by atoms with Crippen LogP contribution in [0.25, 0.3) is 10.9 Å². The number of aromatic nitrogens is 1. The van der Waals surface area contributed by atoms with Gasteiger partial charge in [0.1, 0.15) is 5.82 Å². The minimum Gasteiger partial charge on any atom is -0.341 e. The average Bonchev–Trinajstić information content (AvgIpc) is 2.99. The molecule has 27 heavy (non-hydrogen) atoms. The molecule has 0 bridgehead atoms. The Hall–Kier alpha value is -2.62. The van der Waals surface area contributed by atoms with Crippen LogP contribution in [0.1, 0.15) is 41.3 Å². The molecule has 3 aromatic rings. The van der Waals surface area contributed by atoms with Crippen LogP contribution in [0.2, 0.25) is 0 Å². The number of rotatable bonds is 2. The monoisotopic (exact) mass is 362 g/mol. The molecule has 138 valence electrons. The van der Waals surface area contributed by atoms with E-state index in [1.54, 1.807) is 12.1 Å². The highest BCUT2D eigenvalue weighted by atomic mass is 19.1. The highest BCUT2D eigenvalue weighted by Gasteiger charge is 2.36. The van der Waals surface area contributed by atoms with Crippen molar-refractivity contribution in [1.29, 1.82) is 0 Å². The first-order valence-electron chi connectivity index (χ1n) is 9.77. The summed E-state index contributed by atoms with van der Waals surface area (Å²) >= 11 is 0. The standard InChI is InChI=1S/C23H23FN2O/c1-15-5-10-20-19(13-15)18-3-2-4-21-23(18)26(20)12-11-25(21)22(27)14-16-6-8-17(24)9-7-16/h5-10,13,21H,2-4,11-12,14H2,1H3/t21-/m0/s1. The molecule has 2 aromatic carbocycles. The van der Waals surface area contributed by atoms with Crippen LogP contribution in [0.4, 0.5) is 4.39 Å². The van der Waals surface area contributed by atoms with Crippen molar-refractivity contribution >= 4 is 16.8 Å². The Labute approximate surface area is 158 Å². The zero-order valence-electron chi connectivity index (χ0n) is 15.5. The lowest BCUT2D eigenvalue weighted by Gasteiger charge is -2.40. The van der Waals surface area contributed by atoms with E-state index in [1.807, 2.05) is 0 Å². The Balaban J connectivity index is 1.51. The minimum absolute atomic E-state index is 0.146. The van der Waals surface area contributed by atoms with Gasteiger partial charge in [0, 0.05) is 29.7 Å². The van der Waals surface area contributed by atoms with Crippen LogP contribution in [0.5, 0.6) is 0 Å². The predicted molar refractivity (Wildman–Crippen MR) is 104 cm³/mol. The van der Waals surface area contributed by atoms with Gasteiger partial charge in [0.15, 0.2) is 0 Å². The van der Waals surface area contributed by atoms with Gasteiger partial charge in [0.2, 0.25) is 5.91 Å². The van der Waals surface area contributed by atoms with Crippen molar-refractivity contribution in [3.8, 4) is 0 Å². The van der Waals surface area contributed by atoms with E-state index in [0.29, 0.717) is 6.42 Å². The van der Waals surface area contributed by atoms with E-state index in [0.717, 1.165) is 37.9 Å². The Kier molecular flexibility index (Phi) is 3.81. The highest BCUT2D eigenvalue weighted by Crippen LogP contribution is 2.42. The van der Waals surface area contributed by atoms with E-state index in [4.69, 9.17) is 0 Å². The Morgan fingerprint density at radius 2 is 1.96 bits per heavy atom. The lowest BCUT2D eigenvalue weighted by molar-refractivity contribution is -0.134. The van der Waals surface area contributed by atoms with Crippen LogP contribution in [0.15, 0.2) is 42.5 Å². The van der Waals surface area contributed by atoms with Crippen molar-refractivity contribution in [2.45, 2.75) is 45.2 Å². The van der Waals surface area contributed by atoms with Crippen molar-refractivity contribution in [3.63, 3.8) is 0 Å². The molecular weight excluding hydrogens is 339 g/mol. The third-order valence-corrected chi connectivity index (χ3v) is 6.12. The SMILES string of the molecule is Cc1ccc2c(c1)c1c3n2CCN(C(=O)Cc2ccc(F)cc2)[C@H]3CCC1. The van der Waals surface area contributed by atoms with Gasteiger partial charge in [-0.3, -0.25) is 4.79 Å². The zero-order chi connectivity index (χ0) is 18.5. The van der Waals surface area contributed by atoms with Crippen LogP contribution in [0, 0.1) is 12.7 Å². The lowest BCUT2D eigenvalue weighted by atomic mass is 9.89. The molecule has 0 spiro atoms.